The molecule has 4 rings (SSSR count). The Balaban J connectivity index is 1.56. The van der Waals surface area contributed by atoms with Crippen molar-refractivity contribution in [2.45, 2.75) is 37.8 Å². The molecule has 2 aromatic rings. The van der Waals surface area contributed by atoms with Crippen molar-refractivity contribution in [3.05, 3.63) is 54.1 Å². The number of anilines is 2. The maximum Gasteiger partial charge on any atom is 0.258 e. The van der Waals surface area contributed by atoms with Crippen LogP contribution in [0, 0.1) is 0 Å². The number of benzene rings is 2. The lowest BCUT2D eigenvalue weighted by Crippen LogP contribution is -2.62. The zero-order valence-electron chi connectivity index (χ0n) is 16.0. The van der Waals surface area contributed by atoms with Gasteiger partial charge >= 0.3 is 0 Å². The van der Waals surface area contributed by atoms with Gasteiger partial charge in [-0.1, -0.05) is 18.6 Å². The fourth-order valence-electron chi connectivity index (χ4n) is 4.21. The van der Waals surface area contributed by atoms with Crippen LogP contribution in [0.5, 0.6) is 5.75 Å². The lowest BCUT2D eigenvalue weighted by atomic mass is 9.84. The van der Waals surface area contributed by atoms with E-state index in [0.717, 1.165) is 43.5 Å². The van der Waals surface area contributed by atoms with Gasteiger partial charge in [0.05, 0.1) is 12.7 Å². The number of fused-ring (bicyclic) bond motifs is 1. The number of amides is 2. The fraction of sp³-hybridized carbons (Fsp3) is 0.364. The van der Waals surface area contributed by atoms with Gasteiger partial charge in [0.25, 0.3) is 5.91 Å². The van der Waals surface area contributed by atoms with E-state index in [0.29, 0.717) is 11.3 Å². The minimum absolute atomic E-state index is 0.0200. The van der Waals surface area contributed by atoms with Crippen molar-refractivity contribution in [3.8, 4) is 5.75 Å². The molecule has 2 aromatic carbocycles. The molecule has 0 aromatic heterocycles. The summed E-state index contributed by atoms with van der Waals surface area (Å²) >= 11 is 0. The summed E-state index contributed by atoms with van der Waals surface area (Å²) in [6.07, 6.45) is 4.94. The van der Waals surface area contributed by atoms with Crippen LogP contribution in [-0.4, -0.2) is 36.0 Å². The summed E-state index contributed by atoms with van der Waals surface area (Å²) in [5.41, 5.74) is 1.68. The Morgan fingerprint density at radius 1 is 1.11 bits per heavy atom. The van der Waals surface area contributed by atoms with Gasteiger partial charge in [0.15, 0.2) is 0 Å². The Bertz CT molecular complexity index is 873. The van der Waals surface area contributed by atoms with E-state index in [-0.39, 0.29) is 18.4 Å². The summed E-state index contributed by atoms with van der Waals surface area (Å²) in [5, 5.41) is 6.48. The highest BCUT2D eigenvalue weighted by Gasteiger charge is 2.45. The van der Waals surface area contributed by atoms with Crippen LogP contribution in [0.25, 0.3) is 0 Å². The zero-order chi connectivity index (χ0) is 19.6. The fourth-order valence-corrected chi connectivity index (χ4v) is 4.21. The van der Waals surface area contributed by atoms with Crippen molar-refractivity contribution in [1.29, 1.82) is 0 Å². The van der Waals surface area contributed by atoms with Crippen LogP contribution in [0.2, 0.25) is 0 Å². The number of nitrogens with one attached hydrogen (secondary N) is 2. The molecule has 28 heavy (non-hydrogen) atoms. The number of nitrogens with zero attached hydrogens (tertiary/aromatic N) is 1. The second-order valence-corrected chi connectivity index (χ2v) is 7.43. The number of hydrogen-bond donors (Lipinski definition) is 2. The van der Waals surface area contributed by atoms with Crippen LogP contribution < -0.4 is 15.4 Å². The number of ether oxygens (including phenoxy) is 1. The van der Waals surface area contributed by atoms with E-state index in [9.17, 15) is 9.59 Å². The summed E-state index contributed by atoms with van der Waals surface area (Å²) in [5.74, 6) is 0.442. The Labute approximate surface area is 164 Å². The maximum atomic E-state index is 13.3. The van der Waals surface area contributed by atoms with Gasteiger partial charge in [-0.2, -0.15) is 0 Å². The van der Waals surface area contributed by atoms with Crippen LogP contribution in [0.15, 0.2) is 48.5 Å². The lowest BCUT2D eigenvalue weighted by Gasteiger charge is -2.50. The molecule has 1 aliphatic carbocycles. The predicted octanol–water partition coefficient (Wildman–Crippen LogP) is 3.86. The van der Waals surface area contributed by atoms with Crippen LogP contribution in [0.1, 0.15) is 42.5 Å². The molecule has 2 aliphatic rings. The van der Waals surface area contributed by atoms with Crippen molar-refractivity contribution >= 4 is 23.2 Å². The van der Waals surface area contributed by atoms with Crippen molar-refractivity contribution in [3.63, 3.8) is 0 Å². The monoisotopic (exact) mass is 379 g/mol. The van der Waals surface area contributed by atoms with Gasteiger partial charge in [-0.05, 0) is 62.1 Å². The molecule has 1 aliphatic heterocycles. The molecule has 1 spiro atoms. The number of hydrogen-bond acceptors (Lipinski definition) is 4. The van der Waals surface area contributed by atoms with E-state index in [1.807, 2.05) is 24.3 Å². The molecule has 2 amide bonds. The molecule has 2 N–H and O–H groups in total. The molecular formula is C22H25N3O3. The minimum atomic E-state index is -0.485. The third-order valence-electron chi connectivity index (χ3n) is 5.64. The normalized spacial score (nSPS) is 17.6. The summed E-state index contributed by atoms with van der Waals surface area (Å²) in [7, 11) is 1.60. The first kappa shape index (κ1) is 18.3. The zero-order valence-corrected chi connectivity index (χ0v) is 16.0. The molecule has 0 atom stereocenters. The number of carbonyl (C=O) groups excluding carboxylic acids is 2. The third-order valence-corrected chi connectivity index (χ3v) is 5.64. The largest absolute Gasteiger partial charge is 0.497 e. The topological polar surface area (TPSA) is 70.7 Å². The standard InChI is InChI=1S/C22H25N3O3/c1-28-17-11-9-16(10-12-17)23-20(26)15-25-21(27)18-7-3-4-8-19(18)24-22(25)13-5-2-6-14-22/h3-4,7-12,24H,2,5-6,13-15H2,1H3,(H,23,26). The van der Waals surface area contributed by atoms with Gasteiger partial charge in [-0.3, -0.25) is 9.59 Å². The van der Waals surface area contributed by atoms with Crippen molar-refractivity contribution in [2.75, 3.05) is 24.3 Å². The molecule has 6 heteroatoms. The quantitative estimate of drug-likeness (QED) is 0.846. The molecule has 1 fully saturated rings. The molecule has 146 valence electrons. The average molecular weight is 379 g/mol. The number of methoxy groups -OCH3 is 1. The van der Waals surface area contributed by atoms with Gasteiger partial charge in [0, 0.05) is 11.4 Å². The van der Waals surface area contributed by atoms with E-state index in [1.54, 1.807) is 36.3 Å². The summed E-state index contributed by atoms with van der Waals surface area (Å²) in [4.78, 5) is 27.7. The van der Waals surface area contributed by atoms with Crippen molar-refractivity contribution in [1.82, 2.24) is 4.90 Å². The second-order valence-electron chi connectivity index (χ2n) is 7.43. The van der Waals surface area contributed by atoms with Crippen LogP contribution in [-0.2, 0) is 4.79 Å². The van der Waals surface area contributed by atoms with E-state index in [2.05, 4.69) is 10.6 Å². The smallest absolute Gasteiger partial charge is 0.258 e. The SMILES string of the molecule is COc1ccc(NC(=O)CN2C(=O)c3ccccc3NC23CCCCC3)cc1. The highest BCUT2D eigenvalue weighted by atomic mass is 16.5. The average Bonchev–Trinajstić information content (AvgIpc) is 2.72. The van der Waals surface area contributed by atoms with Crippen LogP contribution >= 0.6 is 0 Å². The predicted molar refractivity (Wildman–Crippen MR) is 109 cm³/mol. The highest BCUT2D eigenvalue weighted by molar-refractivity contribution is 6.04. The van der Waals surface area contributed by atoms with E-state index < -0.39 is 5.66 Å². The highest BCUT2D eigenvalue weighted by Crippen LogP contribution is 2.40. The Morgan fingerprint density at radius 3 is 2.54 bits per heavy atom. The Kier molecular flexibility index (Phi) is 4.94. The molecule has 1 heterocycles. The first-order valence-corrected chi connectivity index (χ1v) is 9.74. The van der Waals surface area contributed by atoms with E-state index in [1.165, 1.54) is 0 Å². The van der Waals surface area contributed by atoms with Gasteiger partial charge in [-0.25, -0.2) is 0 Å². The summed E-state index contributed by atoms with van der Waals surface area (Å²) in [6.45, 7) is 0.0200. The molecule has 0 radical (unpaired) electrons. The number of para-hydroxylation sites is 1. The molecule has 0 bridgehead atoms. The first-order valence-electron chi connectivity index (χ1n) is 9.74. The molecule has 1 saturated carbocycles. The number of carbonyl (C=O) groups is 2. The van der Waals surface area contributed by atoms with Gasteiger partial charge in [-0.15, -0.1) is 0 Å². The Morgan fingerprint density at radius 2 is 1.82 bits per heavy atom. The van der Waals surface area contributed by atoms with Crippen LogP contribution in [0.4, 0.5) is 11.4 Å². The van der Waals surface area contributed by atoms with Crippen molar-refractivity contribution in [2.24, 2.45) is 0 Å². The van der Waals surface area contributed by atoms with E-state index in [4.69, 9.17) is 4.74 Å². The number of rotatable bonds is 4. The maximum absolute atomic E-state index is 13.3. The third kappa shape index (κ3) is 3.42. The second kappa shape index (κ2) is 7.54. The van der Waals surface area contributed by atoms with Gasteiger partial charge in [0.1, 0.15) is 18.0 Å². The summed E-state index contributed by atoms with van der Waals surface area (Å²) < 4.78 is 5.14. The van der Waals surface area contributed by atoms with Crippen LogP contribution in [0.3, 0.4) is 0 Å². The van der Waals surface area contributed by atoms with Gasteiger partial charge in [0.2, 0.25) is 5.91 Å². The lowest BCUT2D eigenvalue weighted by molar-refractivity contribution is -0.118. The Hall–Kier alpha value is -3.02. The summed E-state index contributed by atoms with van der Waals surface area (Å²) in [6, 6.07) is 14.7. The molecule has 6 nitrogen and oxygen atoms in total. The first-order chi connectivity index (χ1) is 13.6. The molecule has 0 unspecified atom stereocenters. The van der Waals surface area contributed by atoms with E-state index >= 15 is 0 Å². The molecular weight excluding hydrogens is 354 g/mol. The van der Waals surface area contributed by atoms with Gasteiger partial charge < -0.3 is 20.3 Å². The molecule has 0 saturated heterocycles. The minimum Gasteiger partial charge on any atom is -0.497 e. The van der Waals surface area contributed by atoms with Crippen molar-refractivity contribution < 1.29 is 14.3 Å².